The van der Waals surface area contributed by atoms with Crippen LogP contribution < -0.4 is 15.4 Å². The Balaban J connectivity index is 1.99. The Morgan fingerprint density at radius 1 is 1.03 bits per heavy atom. The van der Waals surface area contributed by atoms with Crippen LogP contribution >= 0.6 is 0 Å². The smallest absolute Gasteiger partial charge is 0.406 e. The summed E-state index contributed by atoms with van der Waals surface area (Å²) in [6, 6.07) is 13.1. The molecule has 0 bridgehead atoms. The number of anilines is 3. The molecular formula is C21H21F3N4O2. The Kier molecular flexibility index (Phi) is 6.41. The van der Waals surface area contributed by atoms with Crippen molar-refractivity contribution in [3.8, 4) is 17.0 Å². The Hall–Kier alpha value is -3.33. The van der Waals surface area contributed by atoms with Crippen LogP contribution in [0.2, 0.25) is 0 Å². The molecule has 0 fully saturated rings. The summed E-state index contributed by atoms with van der Waals surface area (Å²) >= 11 is 0. The van der Waals surface area contributed by atoms with Crippen LogP contribution in [-0.2, 0) is 0 Å². The van der Waals surface area contributed by atoms with E-state index in [1.54, 1.807) is 12.1 Å². The predicted octanol–water partition coefficient (Wildman–Crippen LogP) is 4.81. The van der Waals surface area contributed by atoms with E-state index < -0.39 is 6.36 Å². The Morgan fingerprint density at radius 3 is 2.57 bits per heavy atom. The van der Waals surface area contributed by atoms with Crippen LogP contribution in [0.3, 0.4) is 0 Å². The van der Waals surface area contributed by atoms with Gasteiger partial charge in [0.2, 0.25) is 5.95 Å². The van der Waals surface area contributed by atoms with Crippen LogP contribution in [0.5, 0.6) is 5.75 Å². The number of halogens is 3. The Labute approximate surface area is 171 Å². The van der Waals surface area contributed by atoms with E-state index in [2.05, 4.69) is 25.3 Å². The van der Waals surface area contributed by atoms with Crippen molar-refractivity contribution in [2.75, 3.05) is 23.8 Å². The molecule has 0 aliphatic rings. The lowest BCUT2D eigenvalue weighted by molar-refractivity contribution is -0.274. The summed E-state index contributed by atoms with van der Waals surface area (Å²) in [5.41, 5.74) is 3.74. The third kappa shape index (κ3) is 5.84. The highest BCUT2D eigenvalue weighted by molar-refractivity contribution is 5.69. The van der Waals surface area contributed by atoms with Gasteiger partial charge in [-0.1, -0.05) is 24.3 Å². The van der Waals surface area contributed by atoms with E-state index in [0.29, 0.717) is 17.1 Å². The molecule has 1 aromatic heterocycles. The summed E-state index contributed by atoms with van der Waals surface area (Å²) in [6.45, 7) is 4.02. The fourth-order valence-electron chi connectivity index (χ4n) is 2.77. The second-order valence-corrected chi connectivity index (χ2v) is 6.63. The zero-order valence-corrected chi connectivity index (χ0v) is 16.4. The molecule has 3 N–H and O–H groups in total. The van der Waals surface area contributed by atoms with Crippen LogP contribution in [0.25, 0.3) is 11.3 Å². The SMILES string of the molecule is Cc1ccc(C)c(Nc2cc(-c3cccc(OC(F)(F)F)c3)nc(NCCO)n2)c1. The summed E-state index contributed by atoms with van der Waals surface area (Å²) in [5.74, 6) is 0.347. The van der Waals surface area contributed by atoms with Crippen molar-refractivity contribution >= 4 is 17.5 Å². The summed E-state index contributed by atoms with van der Waals surface area (Å²) < 4.78 is 41.7. The lowest BCUT2D eigenvalue weighted by Crippen LogP contribution is -2.17. The van der Waals surface area contributed by atoms with Gasteiger partial charge in [0.05, 0.1) is 12.3 Å². The van der Waals surface area contributed by atoms with Crippen molar-refractivity contribution in [2.24, 2.45) is 0 Å². The van der Waals surface area contributed by atoms with Gasteiger partial charge in [-0.3, -0.25) is 0 Å². The third-order valence-corrected chi connectivity index (χ3v) is 4.14. The third-order valence-electron chi connectivity index (χ3n) is 4.14. The molecule has 0 aliphatic heterocycles. The minimum atomic E-state index is -4.78. The number of ether oxygens (including phenoxy) is 1. The highest BCUT2D eigenvalue weighted by Crippen LogP contribution is 2.30. The van der Waals surface area contributed by atoms with E-state index in [1.165, 1.54) is 18.2 Å². The molecule has 30 heavy (non-hydrogen) atoms. The van der Waals surface area contributed by atoms with Crippen molar-refractivity contribution < 1.29 is 23.0 Å². The standard InChI is InChI=1S/C21H21F3N4O2/c1-13-6-7-14(2)17(10-13)26-19-12-18(27-20(28-19)25-8-9-29)15-4-3-5-16(11-15)30-21(22,23)24/h3-7,10-12,29H,8-9H2,1-2H3,(H2,25,26,27,28). The van der Waals surface area contributed by atoms with Gasteiger partial charge in [0.1, 0.15) is 11.6 Å². The molecule has 6 nitrogen and oxygen atoms in total. The number of aliphatic hydroxyl groups is 1. The molecule has 3 aromatic rings. The monoisotopic (exact) mass is 418 g/mol. The number of aryl methyl sites for hydroxylation is 2. The number of hydrogen-bond donors (Lipinski definition) is 3. The van der Waals surface area contributed by atoms with E-state index in [0.717, 1.165) is 16.8 Å². The zero-order valence-electron chi connectivity index (χ0n) is 16.4. The van der Waals surface area contributed by atoms with Gasteiger partial charge in [-0.15, -0.1) is 13.2 Å². The molecule has 0 aliphatic carbocycles. The number of rotatable bonds is 7. The summed E-state index contributed by atoms with van der Waals surface area (Å²) in [5, 5.41) is 15.2. The Morgan fingerprint density at radius 2 is 1.83 bits per heavy atom. The van der Waals surface area contributed by atoms with Crippen molar-refractivity contribution in [1.82, 2.24) is 9.97 Å². The molecule has 1 heterocycles. The second kappa shape index (κ2) is 9.00. The van der Waals surface area contributed by atoms with Gasteiger partial charge in [0.15, 0.2) is 0 Å². The number of aromatic nitrogens is 2. The molecule has 0 saturated carbocycles. The quantitative estimate of drug-likeness (QED) is 0.511. The summed E-state index contributed by atoms with van der Waals surface area (Å²) in [7, 11) is 0. The summed E-state index contributed by atoms with van der Waals surface area (Å²) in [6.07, 6.45) is -4.78. The van der Waals surface area contributed by atoms with Gasteiger partial charge in [-0.2, -0.15) is 4.98 Å². The van der Waals surface area contributed by atoms with Crippen LogP contribution in [0.4, 0.5) is 30.6 Å². The molecule has 0 radical (unpaired) electrons. The fourth-order valence-corrected chi connectivity index (χ4v) is 2.77. The average Bonchev–Trinajstić information content (AvgIpc) is 2.68. The maximum atomic E-state index is 12.6. The molecule has 2 aromatic carbocycles. The van der Waals surface area contributed by atoms with Crippen LogP contribution in [0, 0.1) is 13.8 Å². The first-order chi connectivity index (χ1) is 14.2. The van der Waals surface area contributed by atoms with Crippen LogP contribution in [0.1, 0.15) is 11.1 Å². The van der Waals surface area contributed by atoms with E-state index in [1.807, 2.05) is 32.0 Å². The largest absolute Gasteiger partial charge is 0.573 e. The van der Waals surface area contributed by atoms with Crippen LogP contribution in [0.15, 0.2) is 48.5 Å². The highest BCUT2D eigenvalue weighted by atomic mass is 19.4. The lowest BCUT2D eigenvalue weighted by atomic mass is 10.1. The molecule has 9 heteroatoms. The van der Waals surface area contributed by atoms with Gasteiger partial charge in [0, 0.05) is 23.9 Å². The molecule has 0 amide bonds. The van der Waals surface area contributed by atoms with Crippen molar-refractivity contribution in [1.29, 1.82) is 0 Å². The zero-order chi connectivity index (χ0) is 21.7. The predicted molar refractivity (Wildman–Crippen MR) is 109 cm³/mol. The van der Waals surface area contributed by atoms with E-state index in [9.17, 15) is 13.2 Å². The molecule has 0 atom stereocenters. The van der Waals surface area contributed by atoms with E-state index in [-0.39, 0.29) is 24.8 Å². The maximum absolute atomic E-state index is 12.6. The maximum Gasteiger partial charge on any atom is 0.573 e. The molecule has 3 rings (SSSR count). The first kappa shape index (κ1) is 21.4. The number of hydrogen-bond acceptors (Lipinski definition) is 6. The normalized spacial score (nSPS) is 11.3. The van der Waals surface area contributed by atoms with Crippen molar-refractivity contribution in [3.05, 3.63) is 59.7 Å². The van der Waals surface area contributed by atoms with Crippen molar-refractivity contribution in [2.45, 2.75) is 20.2 Å². The number of benzene rings is 2. The second-order valence-electron chi connectivity index (χ2n) is 6.63. The number of nitrogens with zero attached hydrogens (tertiary/aromatic N) is 2. The highest BCUT2D eigenvalue weighted by Gasteiger charge is 2.31. The number of alkyl halides is 3. The van der Waals surface area contributed by atoms with Gasteiger partial charge < -0.3 is 20.5 Å². The Bertz CT molecular complexity index is 1030. The van der Waals surface area contributed by atoms with Gasteiger partial charge in [0.25, 0.3) is 0 Å². The molecule has 0 spiro atoms. The summed E-state index contributed by atoms with van der Waals surface area (Å²) in [4.78, 5) is 8.74. The topological polar surface area (TPSA) is 79.3 Å². The van der Waals surface area contributed by atoms with E-state index >= 15 is 0 Å². The minimum Gasteiger partial charge on any atom is -0.406 e. The molecule has 158 valence electrons. The van der Waals surface area contributed by atoms with Gasteiger partial charge in [-0.05, 0) is 43.2 Å². The van der Waals surface area contributed by atoms with Gasteiger partial charge in [-0.25, -0.2) is 4.98 Å². The average molecular weight is 418 g/mol. The molecular weight excluding hydrogens is 397 g/mol. The first-order valence-electron chi connectivity index (χ1n) is 9.18. The molecule has 0 unspecified atom stereocenters. The van der Waals surface area contributed by atoms with Crippen LogP contribution in [-0.4, -0.2) is 34.6 Å². The number of aliphatic hydroxyl groups excluding tert-OH is 1. The van der Waals surface area contributed by atoms with Gasteiger partial charge >= 0.3 is 6.36 Å². The van der Waals surface area contributed by atoms with E-state index in [4.69, 9.17) is 5.11 Å². The number of nitrogens with one attached hydrogen (secondary N) is 2. The minimum absolute atomic E-state index is 0.123. The fraction of sp³-hybridized carbons (Fsp3) is 0.238. The molecule has 0 saturated heterocycles. The first-order valence-corrected chi connectivity index (χ1v) is 9.18. The lowest BCUT2D eigenvalue weighted by Gasteiger charge is -2.14. The van der Waals surface area contributed by atoms with Crippen molar-refractivity contribution in [3.63, 3.8) is 0 Å².